The maximum atomic E-state index is 4.46. The molecule has 0 amide bonds. The van der Waals surface area contributed by atoms with Crippen LogP contribution in [0, 0.1) is 11.8 Å². The quantitative estimate of drug-likeness (QED) is 0.767. The molecule has 4 heteroatoms. The summed E-state index contributed by atoms with van der Waals surface area (Å²) in [6.45, 7) is 7.91. The van der Waals surface area contributed by atoms with Crippen LogP contribution in [0.5, 0.6) is 0 Å². The molecule has 0 radical (unpaired) electrons. The zero-order valence-electron chi connectivity index (χ0n) is 9.19. The summed E-state index contributed by atoms with van der Waals surface area (Å²) in [5.41, 5.74) is 0. The van der Waals surface area contributed by atoms with Crippen molar-refractivity contribution in [1.82, 2.24) is 14.9 Å². The molecule has 15 heavy (non-hydrogen) atoms. The van der Waals surface area contributed by atoms with E-state index in [0.717, 1.165) is 24.3 Å². The zero-order valence-corrected chi connectivity index (χ0v) is 9.19. The second-order valence-electron chi connectivity index (χ2n) is 4.60. The van der Waals surface area contributed by atoms with Crippen molar-refractivity contribution in [3.63, 3.8) is 0 Å². The third-order valence-electron chi connectivity index (χ3n) is 3.71. The van der Waals surface area contributed by atoms with Crippen LogP contribution in [0.3, 0.4) is 0 Å². The van der Waals surface area contributed by atoms with Crippen LogP contribution in [0.2, 0.25) is 0 Å². The lowest BCUT2D eigenvalue weighted by Crippen LogP contribution is -2.27. The third kappa shape index (κ3) is 1.44. The number of hydrogen-bond acceptors (Lipinski definition) is 3. The SMILES string of the molecule is CCn1ccnc1N1C[C@H]2CNC[C@H]2C1. The average Bonchev–Trinajstić information content (AvgIpc) is 2.91. The van der Waals surface area contributed by atoms with Gasteiger partial charge in [-0.1, -0.05) is 0 Å². The van der Waals surface area contributed by atoms with E-state index in [1.165, 1.54) is 26.2 Å². The van der Waals surface area contributed by atoms with Crippen molar-refractivity contribution in [2.75, 3.05) is 31.1 Å². The molecule has 1 N–H and O–H groups in total. The van der Waals surface area contributed by atoms with Crippen molar-refractivity contribution in [3.8, 4) is 0 Å². The highest BCUT2D eigenvalue weighted by atomic mass is 15.3. The Bertz CT molecular complexity index is 334. The molecule has 82 valence electrons. The standard InChI is InChI=1S/C11H18N4/c1-2-14-4-3-13-11(14)15-7-9-5-12-6-10(9)8-15/h3-4,9-10,12H,2,5-8H2,1H3/t9-,10+. The molecule has 0 aliphatic carbocycles. The van der Waals surface area contributed by atoms with Gasteiger partial charge in [0, 0.05) is 45.1 Å². The van der Waals surface area contributed by atoms with Crippen LogP contribution in [0.15, 0.2) is 12.4 Å². The maximum absolute atomic E-state index is 4.46. The molecule has 3 heterocycles. The van der Waals surface area contributed by atoms with Crippen LogP contribution in [0.4, 0.5) is 5.95 Å². The number of aryl methyl sites for hydroxylation is 1. The van der Waals surface area contributed by atoms with Gasteiger partial charge in [-0.2, -0.15) is 0 Å². The Balaban J connectivity index is 1.79. The highest BCUT2D eigenvalue weighted by Gasteiger charge is 2.37. The van der Waals surface area contributed by atoms with E-state index < -0.39 is 0 Å². The Hall–Kier alpha value is -1.03. The Labute approximate surface area is 90.3 Å². The molecule has 2 atom stereocenters. The molecule has 2 saturated heterocycles. The second kappa shape index (κ2) is 3.52. The molecule has 1 aromatic heterocycles. The Morgan fingerprint density at radius 2 is 2.13 bits per heavy atom. The van der Waals surface area contributed by atoms with Crippen molar-refractivity contribution >= 4 is 5.95 Å². The number of fused-ring (bicyclic) bond motifs is 1. The fourth-order valence-electron chi connectivity index (χ4n) is 2.85. The van der Waals surface area contributed by atoms with Gasteiger partial charge in [0.15, 0.2) is 0 Å². The van der Waals surface area contributed by atoms with Crippen LogP contribution in [0.1, 0.15) is 6.92 Å². The summed E-state index contributed by atoms with van der Waals surface area (Å²) < 4.78 is 2.23. The van der Waals surface area contributed by atoms with E-state index in [1.807, 2.05) is 6.20 Å². The van der Waals surface area contributed by atoms with Crippen molar-refractivity contribution in [2.24, 2.45) is 11.8 Å². The van der Waals surface area contributed by atoms with E-state index in [-0.39, 0.29) is 0 Å². The summed E-state index contributed by atoms with van der Waals surface area (Å²) in [4.78, 5) is 6.91. The van der Waals surface area contributed by atoms with Crippen LogP contribution in [-0.2, 0) is 6.54 Å². The minimum absolute atomic E-state index is 0.840. The second-order valence-corrected chi connectivity index (χ2v) is 4.60. The van der Waals surface area contributed by atoms with Gasteiger partial charge in [-0.15, -0.1) is 0 Å². The van der Waals surface area contributed by atoms with E-state index >= 15 is 0 Å². The van der Waals surface area contributed by atoms with Crippen LogP contribution < -0.4 is 10.2 Å². The van der Waals surface area contributed by atoms with Gasteiger partial charge >= 0.3 is 0 Å². The molecule has 4 nitrogen and oxygen atoms in total. The Kier molecular flexibility index (Phi) is 2.16. The van der Waals surface area contributed by atoms with E-state index in [1.54, 1.807) is 0 Å². The number of aromatic nitrogens is 2. The predicted octanol–water partition coefficient (Wildman–Crippen LogP) is 0.559. The van der Waals surface area contributed by atoms with Crippen molar-refractivity contribution in [1.29, 1.82) is 0 Å². The topological polar surface area (TPSA) is 33.1 Å². The normalized spacial score (nSPS) is 29.8. The molecule has 2 aliphatic rings. The summed E-state index contributed by atoms with van der Waals surface area (Å²) in [6.07, 6.45) is 3.98. The van der Waals surface area contributed by atoms with E-state index in [2.05, 4.69) is 32.9 Å². The molecular weight excluding hydrogens is 188 g/mol. The monoisotopic (exact) mass is 206 g/mol. The Morgan fingerprint density at radius 1 is 1.40 bits per heavy atom. The lowest BCUT2D eigenvalue weighted by Gasteiger charge is -2.19. The summed E-state index contributed by atoms with van der Waals surface area (Å²) >= 11 is 0. The van der Waals surface area contributed by atoms with Crippen molar-refractivity contribution in [2.45, 2.75) is 13.5 Å². The van der Waals surface area contributed by atoms with Crippen LogP contribution in [0.25, 0.3) is 0 Å². The predicted molar refractivity (Wildman–Crippen MR) is 60.0 cm³/mol. The largest absolute Gasteiger partial charge is 0.342 e. The summed E-state index contributed by atoms with van der Waals surface area (Å²) in [6, 6.07) is 0. The van der Waals surface area contributed by atoms with E-state index in [9.17, 15) is 0 Å². The first-order valence-electron chi connectivity index (χ1n) is 5.85. The zero-order chi connectivity index (χ0) is 10.3. The van der Waals surface area contributed by atoms with Gasteiger partial charge in [0.1, 0.15) is 0 Å². The van der Waals surface area contributed by atoms with Gasteiger partial charge in [0.25, 0.3) is 0 Å². The smallest absolute Gasteiger partial charge is 0.205 e. The van der Waals surface area contributed by atoms with Gasteiger partial charge in [0.2, 0.25) is 5.95 Å². The Morgan fingerprint density at radius 3 is 2.80 bits per heavy atom. The molecule has 0 bridgehead atoms. The number of hydrogen-bond donors (Lipinski definition) is 1. The fraction of sp³-hybridized carbons (Fsp3) is 0.727. The number of rotatable bonds is 2. The van der Waals surface area contributed by atoms with Gasteiger partial charge in [0.05, 0.1) is 0 Å². The molecule has 3 rings (SSSR count). The molecule has 2 fully saturated rings. The lowest BCUT2D eigenvalue weighted by atomic mass is 10.0. The molecular formula is C11H18N4. The summed E-state index contributed by atoms with van der Waals surface area (Å²) in [5, 5.41) is 3.46. The van der Waals surface area contributed by atoms with Crippen molar-refractivity contribution < 1.29 is 0 Å². The summed E-state index contributed by atoms with van der Waals surface area (Å²) in [7, 11) is 0. The first-order valence-corrected chi connectivity index (χ1v) is 5.85. The number of nitrogens with one attached hydrogen (secondary N) is 1. The molecule has 1 aromatic rings. The first kappa shape index (κ1) is 9.21. The molecule has 0 unspecified atom stereocenters. The highest BCUT2D eigenvalue weighted by Crippen LogP contribution is 2.29. The summed E-state index contributed by atoms with van der Waals surface area (Å²) in [5.74, 6) is 2.84. The minimum Gasteiger partial charge on any atom is -0.342 e. The van der Waals surface area contributed by atoms with Gasteiger partial charge < -0.3 is 14.8 Å². The number of nitrogens with zero attached hydrogens (tertiary/aromatic N) is 3. The van der Waals surface area contributed by atoms with Crippen LogP contribution >= 0.6 is 0 Å². The lowest BCUT2D eigenvalue weighted by molar-refractivity contribution is 0.533. The fourth-order valence-corrected chi connectivity index (χ4v) is 2.85. The first-order chi connectivity index (χ1) is 7.38. The number of anilines is 1. The highest BCUT2D eigenvalue weighted by molar-refractivity contribution is 5.34. The molecule has 2 aliphatic heterocycles. The van der Waals surface area contributed by atoms with Gasteiger partial charge in [-0.05, 0) is 18.8 Å². The van der Waals surface area contributed by atoms with E-state index in [0.29, 0.717) is 0 Å². The van der Waals surface area contributed by atoms with Gasteiger partial charge in [-0.3, -0.25) is 0 Å². The maximum Gasteiger partial charge on any atom is 0.205 e. The molecule has 0 spiro atoms. The average molecular weight is 206 g/mol. The van der Waals surface area contributed by atoms with Gasteiger partial charge in [-0.25, -0.2) is 4.98 Å². The van der Waals surface area contributed by atoms with Crippen molar-refractivity contribution in [3.05, 3.63) is 12.4 Å². The molecule has 0 saturated carbocycles. The minimum atomic E-state index is 0.840. The molecule has 0 aromatic carbocycles. The van der Waals surface area contributed by atoms with Crippen LogP contribution in [-0.4, -0.2) is 35.7 Å². The third-order valence-corrected chi connectivity index (χ3v) is 3.71. The number of imidazole rings is 1. The van der Waals surface area contributed by atoms with E-state index in [4.69, 9.17) is 0 Å².